The molecule has 0 saturated carbocycles. The van der Waals surface area contributed by atoms with E-state index in [-0.39, 0.29) is 42.2 Å². The molecule has 1 fully saturated rings. The number of rotatable bonds is 13. The van der Waals surface area contributed by atoms with Crippen LogP contribution in [0.15, 0.2) is 18.2 Å². The Bertz CT molecular complexity index is 947. The van der Waals surface area contributed by atoms with Gasteiger partial charge in [0.2, 0.25) is 11.8 Å². The van der Waals surface area contributed by atoms with Crippen molar-refractivity contribution in [3.63, 3.8) is 0 Å². The lowest BCUT2D eigenvalue weighted by molar-refractivity contribution is -0.136. The Kier molecular flexibility index (Phi) is 9.15. The zero-order valence-corrected chi connectivity index (χ0v) is 19.5. The number of fused-ring (bicyclic) bond motifs is 1. The normalized spacial score (nSPS) is 17.6. The molecule has 1 aromatic carbocycles. The molecule has 34 heavy (non-hydrogen) atoms. The molecule has 0 spiro atoms. The number of benzene rings is 1. The molecule has 3 N–H and O–H groups in total. The smallest absolute Gasteiger partial charge is 0.266 e. The van der Waals surface area contributed by atoms with Gasteiger partial charge in [0, 0.05) is 13.0 Å². The molecule has 10 nitrogen and oxygen atoms in total. The maximum Gasteiger partial charge on any atom is 0.266 e. The van der Waals surface area contributed by atoms with Crippen LogP contribution in [0.5, 0.6) is 5.75 Å². The first-order chi connectivity index (χ1) is 16.4. The minimum absolute atomic E-state index is 0.0308. The third-order valence-electron chi connectivity index (χ3n) is 5.96. The fraction of sp³-hybridized carbons (Fsp3) is 0.542. The predicted octanol–water partition coefficient (Wildman–Crippen LogP) is 1.14. The summed E-state index contributed by atoms with van der Waals surface area (Å²) in [7, 11) is 1.95. The molecule has 1 unspecified atom stereocenters. The van der Waals surface area contributed by atoms with Crippen LogP contribution in [0, 0.1) is 0 Å². The van der Waals surface area contributed by atoms with Gasteiger partial charge in [-0.1, -0.05) is 31.7 Å². The predicted molar refractivity (Wildman–Crippen MR) is 123 cm³/mol. The molecule has 2 aliphatic heterocycles. The van der Waals surface area contributed by atoms with Crippen molar-refractivity contribution in [2.75, 3.05) is 26.7 Å². The maximum absolute atomic E-state index is 13.0. The first-order valence-corrected chi connectivity index (χ1v) is 11.8. The van der Waals surface area contributed by atoms with Crippen LogP contribution in [0.3, 0.4) is 0 Å². The molecule has 2 aliphatic rings. The van der Waals surface area contributed by atoms with Gasteiger partial charge in [-0.3, -0.25) is 34.2 Å². The summed E-state index contributed by atoms with van der Waals surface area (Å²) in [5, 5.41) is 8.09. The monoisotopic (exact) mass is 472 g/mol. The van der Waals surface area contributed by atoms with Crippen molar-refractivity contribution in [2.45, 2.75) is 57.4 Å². The molecular formula is C24H32N4O6. The van der Waals surface area contributed by atoms with Crippen LogP contribution >= 0.6 is 0 Å². The first-order valence-electron chi connectivity index (χ1n) is 11.8. The number of ether oxygens (including phenoxy) is 1. The molecule has 0 radical (unpaired) electrons. The first kappa shape index (κ1) is 25.4. The molecule has 184 valence electrons. The summed E-state index contributed by atoms with van der Waals surface area (Å²) >= 11 is 0. The van der Waals surface area contributed by atoms with Crippen LogP contribution in [0.4, 0.5) is 0 Å². The van der Waals surface area contributed by atoms with E-state index in [9.17, 15) is 24.0 Å². The largest absolute Gasteiger partial charge is 0.483 e. The topological polar surface area (TPSA) is 134 Å². The maximum atomic E-state index is 13.0. The molecule has 0 aliphatic carbocycles. The Morgan fingerprint density at radius 3 is 2.44 bits per heavy atom. The molecule has 1 atom stereocenters. The summed E-state index contributed by atoms with van der Waals surface area (Å²) in [5.41, 5.74) is 0.144. The van der Waals surface area contributed by atoms with Gasteiger partial charge in [-0.25, -0.2) is 0 Å². The number of nitrogens with zero attached hydrogens (tertiary/aromatic N) is 1. The molecule has 2 heterocycles. The summed E-state index contributed by atoms with van der Waals surface area (Å²) < 4.78 is 5.57. The lowest BCUT2D eigenvalue weighted by Gasteiger charge is -2.27. The van der Waals surface area contributed by atoms with Gasteiger partial charge >= 0.3 is 0 Å². The van der Waals surface area contributed by atoms with E-state index in [1.54, 1.807) is 6.07 Å². The Morgan fingerprint density at radius 2 is 1.74 bits per heavy atom. The summed E-state index contributed by atoms with van der Waals surface area (Å²) in [6, 6.07) is 3.50. The molecule has 1 aromatic rings. The van der Waals surface area contributed by atoms with E-state index < -0.39 is 29.7 Å². The molecule has 0 bridgehead atoms. The average Bonchev–Trinajstić information content (AvgIpc) is 3.07. The van der Waals surface area contributed by atoms with Crippen molar-refractivity contribution in [1.29, 1.82) is 0 Å². The van der Waals surface area contributed by atoms with Gasteiger partial charge < -0.3 is 15.4 Å². The number of carbonyl (C=O) groups is 5. The fourth-order valence-corrected chi connectivity index (χ4v) is 4.16. The van der Waals surface area contributed by atoms with E-state index in [1.807, 2.05) is 7.05 Å². The van der Waals surface area contributed by atoms with Gasteiger partial charge in [-0.05, 0) is 45.0 Å². The van der Waals surface area contributed by atoms with Crippen LogP contribution in [0.2, 0.25) is 0 Å². The molecule has 10 heteroatoms. The number of hydrogen-bond acceptors (Lipinski definition) is 7. The zero-order chi connectivity index (χ0) is 24.5. The van der Waals surface area contributed by atoms with Gasteiger partial charge in [0.05, 0.1) is 11.1 Å². The van der Waals surface area contributed by atoms with E-state index >= 15 is 0 Å². The highest BCUT2D eigenvalue weighted by atomic mass is 16.5. The summed E-state index contributed by atoms with van der Waals surface area (Å²) in [4.78, 5) is 62.5. The van der Waals surface area contributed by atoms with E-state index in [4.69, 9.17) is 4.74 Å². The number of nitrogens with one attached hydrogen (secondary N) is 3. The Hall–Kier alpha value is -3.27. The number of piperidine rings is 1. The van der Waals surface area contributed by atoms with Crippen LogP contribution in [-0.4, -0.2) is 67.2 Å². The van der Waals surface area contributed by atoms with Crippen LogP contribution in [0.1, 0.15) is 72.1 Å². The molecule has 5 amide bonds. The van der Waals surface area contributed by atoms with Crippen molar-refractivity contribution in [3.05, 3.63) is 29.3 Å². The zero-order valence-electron chi connectivity index (χ0n) is 19.5. The third kappa shape index (κ3) is 6.19. The lowest BCUT2D eigenvalue weighted by Crippen LogP contribution is -2.54. The molecular weight excluding hydrogens is 440 g/mol. The highest BCUT2D eigenvalue weighted by Crippen LogP contribution is 2.33. The average molecular weight is 473 g/mol. The molecule has 3 rings (SSSR count). The van der Waals surface area contributed by atoms with Crippen LogP contribution in [0.25, 0.3) is 0 Å². The second-order valence-electron chi connectivity index (χ2n) is 8.49. The quantitative estimate of drug-likeness (QED) is 0.290. The number of unbranched alkanes of at least 4 members (excludes halogenated alkanes) is 5. The summed E-state index contributed by atoms with van der Waals surface area (Å²) in [6.45, 7) is 1.29. The van der Waals surface area contributed by atoms with Crippen molar-refractivity contribution >= 4 is 29.5 Å². The number of carbonyl (C=O) groups excluding carboxylic acids is 5. The number of amides is 5. The summed E-state index contributed by atoms with van der Waals surface area (Å²) in [6.07, 6.45) is 6.73. The van der Waals surface area contributed by atoms with Crippen LogP contribution < -0.4 is 20.7 Å². The minimum atomic E-state index is -1.05. The van der Waals surface area contributed by atoms with Crippen molar-refractivity contribution in [2.24, 2.45) is 0 Å². The van der Waals surface area contributed by atoms with Crippen molar-refractivity contribution in [1.82, 2.24) is 20.9 Å². The Balaban J connectivity index is 1.48. The van der Waals surface area contributed by atoms with Gasteiger partial charge in [0.25, 0.3) is 17.7 Å². The van der Waals surface area contributed by atoms with Crippen molar-refractivity contribution < 1.29 is 28.7 Å². The SMILES string of the molecule is CNCCCCCCCCNC(=O)COc1cccc2c1C(=O)N(C1CCC(=O)NC1=O)C2=O. The molecule has 0 aromatic heterocycles. The third-order valence-corrected chi connectivity index (χ3v) is 5.96. The van der Waals surface area contributed by atoms with Crippen LogP contribution in [-0.2, 0) is 14.4 Å². The fourth-order valence-electron chi connectivity index (χ4n) is 4.16. The van der Waals surface area contributed by atoms with E-state index in [0.29, 0.717) is 6.54 Å². The lowest BCUT2D eigenvalue weighted by atomic mass is 10.0. The second-order valence-corrected chi connectivity index (χ2v) is 8.49. The Morgan fingerprint density at radius 1 is 1.03 bits per heavy atom. The van der Waals surface area contributed by atoms with E-state index in [0.717, 1.165) is 30.7 Å². The van der Waals surface area contributed by atoms with E-state index in [1.165, 1.54) is 31.4 Å². The highest BCUT2D eigenvalue weighted by Gasteiger charge is 2.46. The highest BCUT2D eigenvalue weighted by molar-refractivity contribution is 6.24. The second kappa shape index (κ2) is 12.3. The minimum Gasteiger partial charge on any atom is -0.483 e. The number of hydrogen-bond donors (Lipinski definition) is 3. The van der Waals surface area contributed by atoms with Gasteiger partial charge in [-0.15, -0.1) is 0 Å². The van der Waals surface area contributed by atoms with Gasteiger partial charge in [0.1, 0.15) is 11.8 Å². The molecule has 1 saturated heterocycles. The van der Waals surface area contributed by atoms with Gasteiger partial charge in [-0.2, -0.15) is 0 Å². The van der Waals surface area contributed by atoms with E-state index in [2.05, 4.69) is 16.0 Å². The number of imide groups is 2. The standard InChI is InChI=1S/C24H32N4O6/c1-25-13-6-4-2-3-5-7-14-26-20(30)15-34-18-10-8-9-16-21(18)24(33)28(23(16)32)17-11-12-19(29)27-22(17)31/h8-10,17,25H,2-7,11-15H2,1H3,(H,26,30)(H,27,29,31). The van der Waals surface area contributed by atoms with Gasteiger partial charge in [0.15, 0.2) is 6.61 Å². The van der Waals surface area contributed by atoms with Crippen molar-refractivity contribution in [3.8, 4) is 5.75 Å². The Labute approximate surface area is 198 Å². The summed E-state index contributed by atoms with van der Waals surface area (Å²) in [5.74, 6) is -2.59.